The van der Waals surface area contributed by atoms with E-state index in [0.717, 1.165) is 11.1 Å². The normalized spacial score (nSPS) is 15.0. The number of rotatable bonds is 9. The lowest BCUT2D eigenvalue weighted by Crippen LogP contribution is -2.34. The van der Waals surface area contributed by atoms with Gasteiger partial charge in [-0.2, -0.15) is 0 Å². The van der Waals surface area contributed by atoms with Gasteiger partial charge >= 0.3 is 0 Å². The summed E-state index contributed by atoms with van der Waals surface area (Å²) in [4.78, 5) is 29.1. The van der Waals surface area contributed by atoms with Crippen molar-refractivity contribution in [1.29, 1.82) is 0 Å². The van der Waals surface area contributed by atoms with E-state index >= 15 is 0 Å². The molecule has 0 spiro atoms. The number of thiocarbonyl (C=S) groups is 1. The van der Waals surface area contributed by atoms with E-state index in [1.807, 2.05) is 48.5 Å². The first-order valence-corrected chi connectivity index (χ1v) is 11.5. The highest BCUT2D eigenvalue weighted by Gasteiger charge is 2.31. The van der Waals surface area contributed by atoms with Crippen molar-refractivity contribution < 1.29 is 14.7 Å². The van der Waals surface area contributed by atoms with Crippen LogP contribution in [-0.2, 0) is 16.1 Å². The molecule has 1 aliphatic rings. The molecular formula is C23H23ClN2O3S2. The van der Waals surface area contributed by atoms with Crippen molar-refractivity contribution in [2.45, 2.75) is 19.4 Å². The number of aliphatic hydroxyl groups excluding tert-OH is 1. The molecule has 1 N–H and O–H groups in total. The van der Waals surface area contributed by atoms with Crippen LogP contribution in [0.5, 0.6) is 0 Å². The number of hydrogen-bond acceptors (Lipinski definition) is 5. The summed E-state index contributed by atoms with van der Waals surface area (Å²) in [5, 5.41) is 9.89. The SMILES string of the molecule is O=C(CCCN1C(=O)C(=Cc2ccccc2Cl)SC1=S)N(CCO)Cc1ccccc1. The molecule has 1 heterocycles. The number of amides is 2. The molecule has 0 bridgehead atoms. The lowest BCUT2D eigenvalue weighted by Gasteiger charge is -2.22. The van der Waals surface area contributed by atoms with E-state index in [4.69, 9.17) is 23.8 Å². The van der Waals surface area contributed by atoms with Crippen LogP contribution in [0.3, 0.4) is 0 Å². The zero-order valence-corrected chi connectivity index (χ0v) is 19.3. The first kappa shape index (κ1) is 23.5. The van der Waals surface area contributed by atoms with Crippen LogP contribution in [0.15, 0.2) is 59.5 Å². The predicted molar refractivity (Wildman–Crippen MR) is 130 cm³/mol. The molecule has 0 aliphatic carbocycles. The van der Waals surface area contributed by atoms with Crippen molar-refractivity contribution in [3.8, 4) is 0 Å². The monoisotopic (exact) mass is 474 g/mol. The summed E-state index contributed by atoms with van der Waals surface area (Å²) in [5.41, 5.74) is 1.77. The van der Waals surface area contributed by atoms with Crippen molar-refractivity contribution in [3.63, 3.8) is 0 Å². The van der Waals surface area contributed by atoms with E-state index < -0.39 is 0 Å². The Morgan fingerprint density at radius 3 is 2.58 bits per heavy atom. The zero-order valence-electron chi connectivity index (χ0n) is 16.9. The van der Waals surface area contributed by atoms with Crippen molar-refractivity contribution in [2.24, 2.45) is 0 Å². The summed E-state index contributed by atoms with van der Waals surface area (Å²) < 4.78 is 0.479. The van der Waals surface area contributed by atoms with E-state index in [0.29, 0.717) is 33.8 Å². The van der Waals surface area contributed by atoms with Crippen LogP contribution in [0.2, 0.25) is 5.02 Å². The molecule has 1 saturated heterocycles. The zero-order chi connectivity index (χ0) is 22.2. The number of carbonyl (C=O) groups is 2. The Bertz CT molecular complexity index is 982. The second kappa shape index (κ2) is 11.4. The van der Waals surface area contributed by atoms with Crippen LogP contribution in [0.25, 0.3) is 6.08 Å². The van der Waals surface area contributed by atoms with Gasteiger partial charge in [-0.25, -0.2) is 0 Å². The minimum Gasteiger partial charge on any atom is -0.395 e. The van der Waals surface area contributed by atoms with E-state index in [9.17, 15) is 14.7 Å². The standard InChI is InChI=1S/C23H23ClN2O3S2/c24-19-10-5-4-9-18(19)15-20-22(29)26(23(30)31-20)12-6-11-21(28)25(13-14-27)16-17-7-2-1-3-8-17/h1-5,7-10,15,27H,6,11-14,16H2. The van der Waals surface area contributed by atoms with Gasteiger partial charge in [-0.3, -0.25) is 14.5 Å². The molecule has 162 valence electrons. The summed E-state index contributed by atoms with van der Waals surface area (Å²) in [6.07, 6.45) is 2.50. The maximum atomic E-state index is 12.8. The molecule has 5 nitrogen and oxygen atoms in total. The minimum atomic E-state index is -0.168. The molecule has 2 amide bonds. The Kier molecular flexibility index (Phi) is 8.66. The van der Waals surface area contributed by atoms with Crippen molar-refractivity contribution in [3.05, 3.63) is 75.7 Å². The molecule has 0 unspecified atom stereocenters. The predicted octanol–water partition coefficient (Wildman–Crippen LogP) is 4.34. The van der Waals surface area contributed by atoms with Crippen molar-refractivity contribution in [2.75, 3.05) is 19.7 Å². The molecule has 2 aromatic rings. The van der Waals surface area contributed by atoms with Crippen molar-refractivity contribution in [1.82, 2.24) is 9.80 Å². The quantitative estimate of drug-likeness (QED) is 0.432. The fourth-order valence-corrected chi connectivity index (χ4v) is 4.68. The summed E-state index contributed by atoms with van der Waals surface area (Å²) in [7, 11) is 0. The minimum absolute atomic E-state index is 0.0602. The van der Waals surface area contributed by atoms with E-state index in [-0.39, 0.29) is 31.4 Å². The molecule has 1 aliphatic heterocycles. The first-order chi connectivity index (χ1) is 15.0. The summed E-state index contributed by atoms with van der Waals surface area (Å²) in [6, 6.07) is 17.0. The number of aliphatic hydroxyl groups is 1. The number of benzene rings is 2. The van der Waals surface area contributed by atoms with Gasteiger partial charge in [0.25, 0.3) is 5.91 Å². The molecule has 1 fully saturated rings. The molecule has 0 saturated carbocycles. The molecule has 0 atom stereocenters. The van der Waals surface area contributed by atoms with E-state index in [2.05, 4.69) is 0 Å². The third kappa shape index (κ3) is 6.40. The topological polar surface area (TPSA) is 60.9 Å². The Hall–Kier alpha value is -2.19. The third-order valence-electron chi connectivity index (χ3n) is 4.78. The average Bonchev–Trinajstić information content (AvgIpc) is 3.03. The number of carbonyl (C=O) groups excluding carboxylic acids is 2. The highest BCUT2D eigenvalue weighted by molar-refractivity contribution is 8.26. The van der Waals surface area contributed by atoms with Gasteiger partial charge in [0.2, 0.25) is 5.91 Å². The number of nitrogens with zero attached hydrogens (tertiary/aromatic N) is 2. The maximum absolute atomic E-state index is 12.8. The fourth-order valence-electron chi connectivity index (χ4n) is 3.19. The fraction of sp³-hybridized carbons (Fsp3) is 0.261. The van der Waals surface area contributed by atoms with Gasteiger partial charge in [-0.15, -0.1) is 0 Å². The maximum Gasteiger partial charge on any atom is 0.266 e. The van der Waals surface area contributed by atoms with Gasteiger partial charge < -0.3 is 10.0 Å². The Balaban J connectivity index is 1.56. The van der Waals surface area contributed by atoms with Crippen LogP contribution < -0.4 is 0 Å². The first-order valence-electron chi connectivity index (χ1n) is 9.92. The lowest BCUT2D eigenvalue weighted by atomic mass is 10.2. The van der Waals surface area contributed by atoms with Gasteiger partial charge in [0.1, 0.15) is 4.32 Å². The molecule has 31 heavy (non-hydrogen) atoms. The number of thioether (sulfide) groups is 1. The molecular weight excluding hydrogens is 452 g/mol. The second-order valence-corrected chi connectivity index (χ2v) is 9.07. The van der Waals surface area contributed by atoms with E-state index in [1.54, 1.807) is 17.0 Å². The molecule has 8 heteroatoms. The summed E-state index contributed by atoms with van der Waals surface area (Å²) >= 11 is 12.8. The lowest BCUT2D eigenvalue weighted by molar-refractivity contribution is -0.132. The molecule has 0 radical (unpaired) electrons. The second-order valence-electron chi connectivity index (χ2n) is 6.98. The van der Waals surface area contributed by atoms with Gasteiger partial charge in [0.15, 0.2) is 0 Å². The number of halogens is 1. The van der Waals surface area contributed by atoms with Crippen LogP contribution in [0.4, 0.5) is 0 Å². The van der Waals surface area contributed by atoms with Gasteiger partial charge in [-0.05, 0) is 29.7 Å². The highest BCUT2D eigenvalue weighted by atomic mass is 35.5. The van der Waals surface area contributed by atoms with Gasteiger partial charge in [0, 0.05) is 31.1 Å². The third-order valence-corrected chi connectivity index (χ3v) is 6.50. The number of hydrogen-bond donors (Lipinski definition) is 1. The molecule has 0 aromatic heterocycles. The van der Waals surface area contributed by atoms with Crippen molar-refractivity contribution >= 4 is 57.8 Å². The molecule has 2 aromatic carbocycles. The summed E-state index contributed by atoms with van der Waals surface area (Å²) in [5.74, 6) is -0.228. The van der Waals surface area contributed by atoms with Gasteiger partial charge in [0.05, 0.1) is 11.5 Å². The summed E-state index contributed by atoms with van der Waals surface area (Å²) in [6.45, 7) is 0.992. The highest BCUT2D eigenvalue weighted by Crippen LogP contribution is 2.33. The smallest absolute Gasteiger partial charge is 0.266 e. The largest absolute Gasteiger partial charge is 0.395 e. The average molecular weight is 475 g/mol. The van der Waals surface area contributed by atoms with Crippen LogP contribution in [0.1, 0.15) is 24.0 Å². The van der Waals surface area contributed by atoms with Gasteiger partial charge in [-0.1, -0.05) is 84.1 Å². The van der Waals surface area contributed by atoms with Crippen LogP contribution >= 0.6 is 35.6 Å². The Morgan fingerprint density at radius 1 is 1.16 bits per heavy atom. The van der Waals surface area contributed by atoms with Crippen LogP contribution in [-0.4, -0.2) is 50.7 Å². The van der Waals surface area contributed by atoms with Crippen LogP contribution in [0, 0.1) is 0 Å². The Morgan fingerprint density at radius 2 is 1.87 bits per heavy atom. The Labute approximate surface area is 196 Å². The van der Waals surface area contributed by atoms with E-state index in [1.165, 1.54) is 16.7 Å². The molecule has 3 rings (SSSR count).